The van der Waals surface area contributed by atoms with Gasteiger partial charge in [0.1, 0.15) is 17.8 Å². The summed E-state index contributed by atoms with van der Waals surface area (Å²) in [4.78, 5) is 52.7. The van der Waals surface area contributed by atoms with E-state index in [1.807, 2.05) is 18.2 Å². The van der Waals surface area contributed by atoms with E-state index in [1.54, 1.807) is 22.2 Å². The zero-order chi connectivity index (χ0) is 27.6. The molecular formula is C31H41N5O3. The topological polar surface area (TPSA) is 95.5 Å². The van der Waals surface area contributed by atoms with Crippen LogP contribution in [0.5, 0.6) is 0 Å². The van der Waals surface area contributed by atoms with Crippen LogP contribution in [0.1, 0.15) is 81.3 Å². The number of amides is 3. The number of hydrogen-bond donors (Lipinski definition) is 1. The number of unbranched alkanes of at least 4 members (excludes halogenated alkanes) is 1. The number of carbonyl (C=O) groups is 3. The Balaban J connectivity index is 1.59. The van der Waals surface area contributed by atoms with Gasteiger partial charge in [-0.1, -0.05) is 76.3 Å². The van der Waals surface area contributed by atoms with Crippen LogP contribution >= 0.6 is 0 Å². The molecule has 0 radical (unpaired) electrons. The molecule has 39 heavy (non-hydrogen) atoms. The fourth-order valence-electron chi connectivity index (χ4n) is 5.74. The Hall–Kier alpha value is -3.55. The van der Waals surface area contributed by atoms with Gasteiger partial charge in [0.15, 0.2) is 0 Å². The number of benzene rings is 1. The Kier molecular flexibility index (Phi) is 10.2. The SMILES string of the molecule is CCCC[C@H](C)[C@@H]1C(=O)N(CCc2ccccc2)C=CN1C(=O)[C@H](NC(=O)c1cnccn1)C1CCCCC1. The van der Waals surface area contributed by atoms with Gasteiger partial charge in [-0.15, -0.1) is 0 Å². The Bertz CT molecular complexity index is 1120. The summed E-state index contributed by atoms with van der Waals surface area (Å²) >= 11 is 0. The molecule has 8 nitrogen and oxygen atoms in total. The van der Waals surface area contributed by atoms with Gasteiger partial charge in [0.05, 0.1) is 6.20 Å². The van der Waals surface area contributed by atoms with Crippen molar-refractivity contribution in [2.75, 3.05) is 6.54 Å². The first kappa shape index (κ1) is 28.5. The second kappa shape index (κ2) is 14.0. The van der Waals surface area contributed by atoms with Crippen LogP contribution in [0.4, 0.5) is 0 Å². The van der Waals surface area contributed by atoms with Crippen molar-refractivity contribution in [3.8, 4) is 0 Å². The molecule has 4 rings (SSSR count). The van der Waals surface area contributed by atoms with Crippen molar-refractivity contribution in [3.05, 3.63) is 72.6 Å². The first-order valence-corrected chi connectivity index (χ1v) is 14.4. The molecule has 0 saturated heterocycles. The molecule has 2 aliphatic rings. The van der Waals surface area contributed by atoms with Crippen molar-refractivity contribution < 1.29 is 14.4 Å². The Morgan fingerprint density at radius 2 is 1.85 bits per heavy atom. The van der Waals surface area contributed by atoms with E-state index in [0.717, 1.165) is 63.4 Å². The van der Waals surface area contributed by atoms with E-state index in [1.165, 1.54) is 18.6 Å². The molecule has 3 amide bonds. The fraction of sp³-hybridized carbons (Fsp3) is 0.516. The number of aromatic nitrogens is 2. The van der Waals surface area contributed by atoms with Crippen LogP contribution in [-0.4, -0.2) is 56.1 Å². The second-order valence-electron chi connectivity index (χ2n) is 10.8. The van der Waals surface area contributed by atoms with Gasteiger partial charge in [-0.3, -0.25) is 19.4 Å². The fourth-order valence-corrected chi connectivity index (χ4v) is 5.74. The van der Waals surface area contributed by atoms with Gasteiger partial charge in [-0.05, 0) is 43.1 Å². The summed E-state index contributed by atoms with van der Waals surface area (Å²) in [6.07, 6.45) is 16.3. The van der Waals surface area contributed by atoms with Gasteiger partial charge >= 0.3 is 0 Å². The van der Waals surface area contributed by atoms with Gasteiger partial charge in [-0.25, -0.2) is 4.98 Å². The largest absolute Gasteiger partial charge is 0.339 e. The van der Waals surface area contributed by atoms with Crippen molar-refractivity contribution in [2.45, 2.75) is 83.7 Å². The lowest BCUT2D eigenvalue weighted by molar-refractivity contribution is -0.147. The molecule has 0 unspecified atom stereocenters. The predicted octanol–water partition coefficient (Wildman–Crippen LogP) is 4.73. The van der Waals surface area contributed by atoms with Crippen LogP contribution in [0.15, 0.2) is 61.3 Å². The Morgan fingerprint density at radius 3 is 2.54 bits per heavy atom. The van der Waals surface area contributed by atoms with E-state index >= 15 is 0 Å². The van der Waals surface area contributed by atoms with Crippen LogP contribution in [0, 0.1) is 11.8 Å². The standard InChI is InChI=1S/C31H41N5O3/c1-3-4-11-23(2)28-31(39)35(19-16-24-12-7-5-8-13-24)20-21-36(28)30(38)27(25-14-9-6-10-15-25)34-29(37)26-22-32-17-18-33-26/h5,7-8,12-13,17-18,20-23,25,27-28H,3-4,6,9-11,14-16,19H2,1-2H3,(H,34,37)/t23-,27+,28+/m0/s1. The minimum absolute atomic E-state index is 0.0121. The number of nitrogens with zero attached hydrogens (tertiary/aromatic N) is 4. The smallest absolute Gasteiger partial charge is 0.272 e. The molecule has 8 heteroatoms. The summed E-state index contributed by atoms with van der Waals surface area (Å²) in [5, 5.41) is 2.98. The maximum absolute atomic E-state index is 14.2. The average Bonchev–Trinajstić information content (AvgIpc) is 2.98. The molecule has 208 valence electrons. The van der Waals surface area contributed by atoms with Crippen LogP contribution in [-0.2, 0) is 16.0 Å². The first-order chi connectivity index (χ1) is 19.0. The number of hydrogen-bond acceptors (Lipinski definition) is 5. The normalized spacial score (nSPS) is 19.5. The lowest BCUT2D eigenvalue weighted by atomic mass is 9.82. The highest BCUT2D eigenvalue weighted by Gasteiger charge is 2.42. The van der Waals surface area contributed by atoms with Gasteiger partial charge in [0, 0.05) is 31.3 Å². The molecule has 2 aromatic rings. The predicted molar refractivity (Wildman–Crippen MR) is 150 cm³/mol. The molecule has 1 aliphatic carbocycles. The minimum Gasteiger partial charge on any atom is -0.339 e. The summed E-state index contributed by atoms with van der Waals surface area (Å²) in [5.41, 5.74) is 1.34. The van der Waals surface area contributed by atoms with Gasteiger partial charge in [-0.2, -0.15) is 0 Å². The van der Waals surface area contributed by atoms with Crippen molar-refractivity contribution >= 4 is 17.7 Å². The number of nitrogens with one attached hydrogen (secondary N) is 1. The lowest BCUT2D eigenvalue weighted by Crippen LogP contribution is -2.59. The van der Waals surface area contributed by atoms with Crippen molar-refractivity contribution in [2.24, 2.45) is 11.8 Å². The van der Waals surface area contributed by atoms with Gasteiger partial charge in [0.25, 0.3) is 5.91 Å². The van der Waals surface area contributed by atoms with E-state index in [9.17, 15) is 14.4 Å². The maximum Gasteiger partial charge on any atom is 0.272 e. The molecule has 0 spiro atoms. The van der Waals surface area contributed by atoms with E-state index in [4.69, 9.17) is 0 Å². The molecule has 3 atom stereocenters. The summed E-state index contributed by atoms with van der Waals surface area (Å²) in [7, 11) is 0. The van der Waals surface area contributed by atoms with E-state index in [-0.39, 0.29) is 29.3 Å². The summed E-state index contributed by atoms with van der Waals surface area (Å²) in [6.45, 7) is 4.74. The zero-order valence-corrected chi connectivity index (χ0v) is 23.2. The molecule has 1 aromatic heterocycles. The molecule has 0 bridgehead atoms. The first-order valence-electron chi connectivity index (χ1n) is 14.4. The van der Waals surface area contributed by atoms with Crippen molar-refractivity contribution in [3.63, 3.8) is 0 Å². The molecule has 1 fully saturated rings. The second-order valence-corrected chi connectivity index (χ2v) is 10.8. The highest BCUT2D eigenvalue weighted by atomic mass is 16.2. The molecular weight excluding hydrogens is 490 g/mol. The summed E-state index contributed by atoms with van der Waals surface area (Å²) in [5.74, 6) is -0.710. The summed E-state index contributed by atoms with van der Waals surface area (Å²) < 4.78 is 0. The Morgan fingerprint density at radius 1 is 1.08 bits per heavy atom. The monoisotopic (exact) mass is 531 g/mol. The third-order valence-corrected chi connectivity index (χ3v) is 8.00. The van der Waals surface area contributed by atoms with Crippen LogP contribution < -0.4 is 5.32 Å². The number of carbonyl (C=O) groups excluding carboxylic acids is 3. The molecule has 1 aromatic carbocycles. The molecule has 2 heterocycles. The van der Waals surface area contributed by atoms with Crippen molar-refractivity contribution in [1.82, 2.24) is 25.1 Å². The van der Waals surface area contributed by atoms with Crippen molar-refractivity contribution in [1.29, 1.82) is 0 Å². The summed E-state index contributed by atoms with van der Waals surface area (Å²) in [6, 6.07) is 8.77. The van der Waals surface area contributed by atoms with Crippen LogP contribution in [0.2, 0.25) is 0 Å². The molecule has 1 saturated carbocycles. The van der Waals surface area contributed by atoms with Crippen LogP contribution in [0.25, 0.3) is 0 Å². The van der Waals surface area contributed by atoms with Crippen LogP contribution in [0.3, 0.4) is 0 Å². The molecule has 1 aliphatic heterocycles. The van der Waals surface area contributed by atoms with Gasteiger partial charge in [0.2, 0.25) is 11.8 Å². The average molecular weight is 532 g/mol. The highest BCUT2D eigenvalue weighted by Crippen LogP contribution is 2.31. The Labute approximate surface area is 231 Å². The van der Waals surface area contributed by atoms with E-state index in [2.05, 4.69) is 41.3 Å². The van der Waals surface area contributed by atoms with E-state index in [0.29, 0.717) is 6.54 Å². The minimum atomic E-state index is -0.728. The highest BCUT2D eigenvalue weighted by molar-refractivity contribution is 5.98. The third kappa shape index (κ3) is 7.31. The van der Waals surface area contributed by atoms with E-state index < -0.39 is 18.0 Å². The lowest BCUT2D eigenvalue weighted by Gasteiger charge is -2.41. The maximum atomic E-state index is 14.2. The quantitative estimate of drug-likeness (QED) is 0.452. The number of rotatable bonds is 11. The van der Waals surface area contributed by atoms with Gasteiger partial charge < -0.3 is 15.1 Å². The zero-order valence-electron chi connectivity index (χ0n) is 23.2. The molecule has 1 N–H and O–H groups in total. The third-order valence-electron chi connectivity index (χ3n) is 8.00.